The molecule has 0 amide bonds. The van der Waals surface area contributed by atoms with Gasteiger partial charge in [-0.3, -0.25) is 10.1 Å². The highest BCUT2D eigenvalue weighted by molar-refractivity contribution is 5.37. The molecule has 0 atom stereocenters. The van der Waals surface area contributed by atoms with E-state index in [1.165, 1.54) is 0 Å². The largest absolute Gasteiger partial charge is 0.308 e. The fraction of sp³-hybridized carbons (Fsp3) is 0.600. The quantitative estimate of drug-likeness (QED) is 0.655. The summed E-state index contributed by atoms with van der Waals surface area (Å²) in [5.41, 5.74) is -0.801. The number of hydrogen-bond acceptors (Lipinski definition) is 3. The first-order valence-electron chi connectivity index (χ1n) is 6.79. The molecule has 1 rings (SSSR count). The molecule has 0 unspecified atom stereocenters. The van der Waals surface area contributed by atoms with Gasteiger partial charge in [-0.2, -0.15) is 4.39 Å². The summed E-state index contributed by atoms with van der Waals surface area (Å²) in [5.74, 6) is -1.94. The second-order valence-electron chi connectivity index (χ2n) is 7.13. The zero-order valence-electron chi connectivity index (χ0n) is 13.1. The molecule has 0 aromatic heterocycles. The number of nitro benzene ring substituents is 1. The van der Waals surface area contributed by atoms with E-state index in [1.54, 1.807) is 0 Å². The molecule has 0 saturated heterocycles. The number of nitrogens with one attached hydrogen (secondary N) is 1. The van der Waals surface area contributed by atoms with Crippen molar-refractivity contribution in [2.45, 2.75) is 53.1 Å². The van der Waals surface area contributed by atoms with Gasteiger partial charge in [0.05, 0.1) is 4.92 Å². The first-order chi connectivity index (χ1) is 9.41. The molecule has 0 bridgehead atoms. The molecule has 0 heterocycles. The normalized spacial score (nSPS) is 12.5. The lowest BCUT2D eigenvalue weighted by Crippen LogP contribution is -2.42. The topological polar surface area (TPSA) is 55.2 Å². The highest BCUT2D eigenvalue weighted by Gasteiger charge is 2.26. The Balaban J connectivity index is 2.89. The fourth-order valence-corrected chi connectivity index (χ4v) is 2.58. The summed E-state index contributed by atoms with van der Waals surface area (Å²) in [7, 11) is 0. The van der Waals surface area contributed by atoms with Gasteiger partial charge in [0.1, 0.15) is 5.82 Å². The van der Waals surface area contributed by atoms with Gasteiger partial charge in [-0.15, -0.1) is 0 Å². The van der Waals surface area contributed by atoms with Crippen LogP contribution in [0, 0.1) is 27.2 Å². The Bertz CT molecular complexity index is 537. The van der Waals surface area contributed by atoms with Crippen molar-refractivity contribution in [3.8, 4) is 0 Å². The first-order valence-corrected chi connectivity index (χ1v) is 6.79. The van der Waals surface area contributed by atoms with E-state index in [4.69, 9.17) is 0 Å². The zero-order valence-corrected chi connectivity index (χ0v) is 13.1. The highest BCUT2D eigenvalue weighted by Crippen LogP contribution is 2.28. The molecule has 0 fully saturated rings. The molecular formula is C15H22F2N2O2. The molecule has 0 saturated carbocycles. The van der Waals surface area contributed by atoms with E-state index in [1.807, 2.05) is 13.8 Å². The van der Waals surface area contributed by atoms with Gasteiger partial charge in [-0.25, -0.2) is 4.39 Å². The van der Waals surface area contributed by atoms with Crippen molar-refractivity contribution >= 4 is 5.69 Å². The Kier molecular flexibility index (Phi) is 5.04. The van der Waals surface area contributed by atoms with E-state index in [-0.39, 0.29) is 23.1 Å². The molecule has 1 N–H and O–H groups in total. The van der Waals surface area contributed by atoms with E-state index in [0.717, 1.165) is 12.5 Å². The van der Waals surface area contributed by atoms with Crippen molar-refractivity contribution in [3.05, 3.63) is 39.4 Å². The highest BCUT2D eigenvalue weighted by atomic mass is 19.1. The second-order valence-corrected chi connectivity index (χ2v) is 7.13. The summed E-state index contributed by atoms with van der Waals surface area (Å²) >= 11 is 0. The standard InChI is InChI=1S/C15H22F2N2O2/c1-14(2,3)9-15(4,5)18-8-10-6-13(19(20)21)12(17)7-11(10)16/h6-7,18H,8-9H2,1-5H3. The van der Waals surface area contributed by atoms with Crippen LogP contribution in [-0.2, 0) is 6.54 Å². The third kappa shape index (κ3) is 5.38. The van der Waals surface area contributed by atoms with Gasteiger partial charge in [0.25, 0.3) is 0 Å². The van der Waals surface area contributed by atoms with Crippen molar-refractivity contribution in [3.63, 3.8) is 0 Å². The SMILES string of the molecule is CC(C)(C)CC(C)(C)NCc1cc([N+](=O)[O-])c(F)cc1F. The predicted molar refractivity (Wildman–Crippen MR) is 78.0 cm³/mol. The lowest BCUT2D eigenvalue weighted by molar-refractivity contribution is -0.387. The van der Waals surface area contributed by atoms with Gasteiger partial charge in [0.2, 0.25) is 5.82 Å². The third-order valence-corrected chi connectivity index (χ3v) is 3.04. The molecule has 4 nitrogen and oxygen atoms in total. The van der Waals surface area contributed by atoms with E-state index < -0.39 is 22.2 Å². The summed E-state index contributed by atoms with van der Waals surface area (Å²) in [4.78, 5) is 9.85. The Morgan fingerprint density at radius 2 is 1.71 bits per heavy atom. The number of halogens is 2. The number of benzene rings is 1. The first kappa shape index (κ1) is 17.5. The van der Waals surface area contributed by atoms with Gasteiger partial charge in [0, 0.05) is 29.8 Å². The van der Waals surface area contributed by atoms with Crippen LogP contribution >= 0.6 is 0 Å². The number of hydrogen-bond donors (Lipinski definition) is 1. The second kappa shape index (κ2) is 6.05. The van der Waals surface area contributed by atoms with Crippen LogP contribution in [0.1, 0.15) is 46.6 Å². The minimum absolute atomic E-state index is 0.0871. The Hall–Kier alpha value is -1.56. The molecule has 1 aromatic rings. The van der Waals surface area contributed by atoms with Crippen LogP contribution in [-0.4, -0.2) is 10.5 Å². The zero-order chi connectivity index (χ0) is 16.4. The monoisotopic (exact) mass is 300 g/mol. The van der Waals surface area contributed by atoms with Crippen LogP contribution in [0.4, 0.5) is 14.5 Å². The maximum absolute atomic E-state index is 13.7. The van der Waals surface area contributed by atoms with E-state index in [0.29, 0.717) is 6.07 Å². The molecule has 6 heteroatoms. The molecule has 0 aliphatic carbocycles. The van der Waals surface area contributed by atoms with Crippen molar-refractivity contribution in [1.29, 1.82) is 0 Å². The minimum Gasteiger partial charge on any atom is -0.308 e. The minimum atomic E-state index is -1.16. The average Bonchev–Trinajstić information content (AvgIpc) is 2.23. The van der Waals surface area contributed by atoms with E-state index in [9.17, 15) is 18.9 Å². The third-order valence-electron chi connectivity index (χ3n) is 3.04. The van der Waals surface area contributed by atoms with Gasteiger partial charge < -0.3 is 5.32 Å². The van der Waals surface area contributed by atoms with Crippen LogP contribution in [0.15, 0.2) is 12.1 Å². The lowest BCUT2D eigenvalue weighted by atomic mass is 9.82. The Labute approximate surface area is 123 Å². The van der Waals surface area contributed by atoms with Gasteiger partial charge in [-0.05, 0) is 25.7 Å². The number of rotatable bonds is 5. The van der Waals surface area contributed by atoms with Crippen LogP contribution in [0.25, 0.3) is 0 Å². The van der Waals surface area contributed by atoms with Crippen molar-refractivity contribution in [2.75, 3.05) is 0 Å². The Morgan fingerprint density at radius 3 is 2.19 bits per heavy atom. The molecule has 0 radical (unpaired) electrons. The number of nitro groups is 1. The average molecular weight is 300 g/mol. The summed E-state index contributed by atoms with van der Waals surface area (Å²) in [6, 6.07) is 1.51. The van der Waals surface area contributed by atoms with Crippen molar-refractivity contribution in [1.82, 2.24) is 5.32 Å². The predicted octanol–water partition coefficient (Wildman–Crippen LogP) is 4.18. The summed E-state index contributed by atoms with van der Waals surface area (Å²) < 4.78 is 27.0. The number of nitrogens with zero attached hydrogens (tertiary/aromatic N) is 1. The van der Waals surface area contributed by atoms with Gasteiger partial charge in [0.15, 0.2) is 0 Å². The maximum atomic E-state index is 13.7. The van der Waals surface area contributed by atoms with Crippen LogP contribution < -0.4 is 5.32 Å². The van der Waals surface area contributed by atoms with Gasteiger partial charge in [-0.1, -0.05) is 20.8 Å². The molecule has 21 heavy (non-hydrogen) atoms. The molecule has 1 aromatic carbocycles. The maximum Gasteiger partial charge on any atom is 0.305 e. The Morgan fingerprint density at radius 1 is 1.14 bits per heavy atom. The fourth-order valence-electron chi connectivity index (χ4n) is 2.58. The van der Waals surface area contributed by atoms with Crippen LogP contribution in [0.3, 0.4) is 0 Å². The lowest BCUT2D eigenvalue weighted by Gasteiger charge is -2.33. The van der Waals surface area contributed by atoms with E-state index in [2.05, 4.69) is 26.1 Å². The van der Waals surface area contributed by atoms with Crippen molar-refractivity contribution in [2.24, 2.45) is 5.41 Å². The van der Waals surface area contributed by atoms with Crippen LogP contribution in [0.2, 0.25) is 0 Å². The van der Waals surface area contributed by atoms with Crippen molar-refractivity contribution < 1.29 is 13.7 Å². The summed E-state index contributed by atoms with van der Waals surface area (Å²) in [6.07, 6.45) is 0.838. The smallest absolute Gasteiger partial charge is 0.305 e. The van der Waals surface area contributed by atoms with E-state index >= 15 is 0 Å². The molecule has 118 valence electrons. The summed E-state index contributed by atoms with van der Waals surface area (Å²) in [5, 5.41) is 13.9. The van der Waals surface area contributed by atoms with Crippen LogP contribution in [0.5, 0.6) is 0 Å². The molecule has 0 aliphatic heterocycles. The molecular weight excluding hydrogens is 278 g/mol. The van der Waals surface area contributed by atoms with Gasteiger partial charge >= 0.3 is 5.69 Å². The molecule has 0 spiro atoms. The molecule has 0 aliphatic rings. The summed E-state index contributed by atoms with van der Waals surface area (Å²) in [6.45, 7) is 10.4.